The van der Waals surface area contributed by atoms with Crippen LogP contribution in [-0.2, 0) is 4.74 Å². The van der Waals surface area contributed by atoms with Crippen LogP contribution in [0.15, 0.2) is 67.1 Å². The first-order chi connectivity index (χ1) is 16.2. The molecule has 0 radical (unpaired) electrons. The van der Waals surface area contributed by atoms with Crippen LogP contribution in [0.25, 0.3) is 16.9 Å². The lowest BCUT2D eigenvalue weighted by Crippen LogP contribution is -2.31. The highest BCUT2D eigenvalue weighted by atomic mass is 16.5. The van der Waals surface area contributed by atoms with Crippen LogP contribution >= 0.6 is 0 Å². The van der Waals surface area contributed by atoms with Crippen LogP contribution in [0, 0.1) is 0 Å². The highest BCUT2D eigenvalue weighted by Crippen LogP contribution is 2.32. The number of ether oxygens (including phenoxy) is 2. The van der Waals surface area contributed by atoms with E-state index < -0.39 is 0 Å². The monoisotopic (exact) mass is 443 g/mol. The van der Waals surface area contributed by atoms with Gasteiger partial charge in [-0.05, 0) is 61.4 Å². The zero-order chi connectivity index (χ0) is 22.6. The molecule has 168 valence electrons. The summed E-state index contributed by atoms with van der Waals surface area (Å²) in [5.41, 5.74) is 3.93. The van der Waals surface area contributed by atoms with Crippen molar-refractivity contribution in [2.75, 3.05) is 25.6 Å². The summed E-state index contributed by atoms with van der Waals surface area (Å²) in [7, 11) is 1.64. The normalized spacial score (nSPS) is 15.5. The minimum Gasteiger partial charge on any atom is -0.497 e. The fraction of sp³-hybridized carbons (Fsp3) is 0.240. The summed E-state index contributed by atoms with van der Waals surface area (Å²) in [6.07, 6.45) is 7.48. The molecule has 3 heterocycles. The van der Waals surface area contributed by atoms with E-state index in [1.807, 2.05) is 59.1 Å². The van der Waals surface area contributed by atoms with Crippen LogP contribution in [0.3, 0.4) is 0 Å². The molecule has 1 aliphatic rings. The average Bonchev–Trinajstić information content (AvgIpc) is 3.51. The van der Waals surface area contributed by atoms with E-state index in [0.717, 1.165) is 53.6 Å². The van der Waals surface area contributed by atoms with Crippen LogP contribution in [-0.4, -0.2) is 46.6 Å². The summed E-state index contributed by atoms with van der Waals surface area (Å²) in [5, 5.41) is 6.41. The summed E-state index contributed by atoms with van der Waals surface area (Å²) in [4.78, 5) is 21.4. The van der Waals surface area contributed by atoms with E-state index in [1.54, 1.807) is 19.5 Å². The Kier molecular flexibility index (Phi) is 5.91. The molecule has 33 heavy (non-hydrogen) atoms. The summed E-state index contributed by atoms with van der Waals surface area (Å²) in [6, 6.07) is 15.2. The lowest BCUT2D eigenvalue weighted by Gasteiger charge is -2.12. The molecule has 1 amide bonds. The Morgan fingerprint density at radius 2 is 2.00 bits per heavy atom. The SMILES string of the molecule is COc1ccc(-c2nc3cnccn3c2Nc2ccc(C(=O)NCC3CCCO3)cc2)cc1. The Labute approximate surface area is 191 Å². The number of hydrogen-bond acceptors (Lipinski definition) is 6. The molecule has 1 saturated heterocycles. The molecule has 1 aliphatic heterocycles. The first kappa shape index (κ1) is 21.0. The van der Waals surface area contributed by atoms with E-state index in [1.165, 1.54) is 0 Å². The third-order valence-corrected chi connectivity index (χ3v) is 5.72. The number of rotatable bonds is 7. The largest absolute Gasteiger partial charge is 0.497 e. The van der Waals surface area contributed by atoms with Gasteiger partial charge in [-0.15, -0.1) is 0 Å². The van der Waals surface area contributed by atoms with Gasteiger partial charge in [0.1, 0.15) is 17.3 Å². The predicted molar refractivity (Wildman–Crippen MR) is 126 cm³/mol. The number of benzene rings is 2. The van der Waals surface area contributed by atoms with Gasteiger partial charge in [0.15, 0.2) is 5.65 Å². The lowest BCUT2D eigenvalue weighted by molar-refractivity contribution is 0.0858. The number of fused-ring (bicyclic) bond motifs is 1. The van der Waals surface area contributed by atoms with E-state index in [2.05, 4.69) is 15.6 Å². The minimum atomic E-state index is -0.100. The molecular weight excluding hydrogens is 418 g/mol. The Hall–Kier alpha value is -3.91. The van der Waals surface area contributed by atoms with Crippen molar-refractivity contribution in [2.45, 2.75) is 18.9 Å². The maximum Gasteiger partial charge on any atom is 0.251 e. The van der Waals surface area contributed by atoms with Crippen molar-refractivity contribution in [1.29, 1.82) is 0 Å². The Balaban J connectivity index is 1.37. The van der Waals surface area contributed by atoms with Gasteiger partial charge in [0.05, 0.1) is 19.4 Å². The predicted octanol–water partition coefficient (Wildman–Crippen LogP) is 4.06. The molecule has 0 spiro atoms. The van der Waals surface area contributed by atoms with Crippen LogP contribution < -0.4 is 15.4 Å². The molecule has 5 rings (SSSR count). The summed E-state index contributed by atoms with van der Waals surface area (Å²) >= 11 is 0. The van der Waals surface area contributed by atoms with Crippen molar-refractivity contribution in [3.63, 3.8) is 0 Å². The molecule has 1 unspecified atom stereocenters. The number of imidazole rings is 1. The molecule has 0 saturated carbocycles. The van der Waals surface area contributed by atoms with Gasteiger partial charge < -0.3 is 20.1 Å². The van der Waals surface area contributed by atoms with Crippen LogP contribution in [0.1, 0.15) is 23.2 Å². The van der Waals surface area contributed by atoms with E-state index in [0.29, 0.717) is 12.1 Å². The number of aromatic nitrogens is 3. The van der Waals surface area contributed by atoms with Gasteiger partial charge in [-0.2, -0.15) is 0 Å². The van der Waals surface area contributed by atoms with Gasteiger partial charge in [0.2, 0.25) is 0 Å². The lowest BCUT2D eigenvalue weighted by atomic mass is 10.1. The van der Waals surface area contributed by atoms with E-state index in [-0.39, 0.29) is 12.0 Å². The highest BCUT2D eigenvalue weighted by Gasteiger charge is 2.17. The Morgan fingerprint density at radius 1 is 1.18 bits per heavy atom. The van der Waals surface area contributed by atoms with Crippen molar-refractivity contribution >= 4 is 23.1 Å². The smallest absolute Gasteiger partial charge is 0.251 e. The third kappa shape index (κ3) is 4.51. The standard InChI is InChI=1S/C25H25N5O3/c1-32-20-10-6-17(7-11-20)23-24(30-13-12-26-16-22(30)29-23)28-19-8-4-18(5-9-19)25(31)27-15-21-3-2-14-33-21/h4-13,16,21,28H,2-3,14-15H2,1H3,(H,27,31). The fourth-order valence-electron chi connectivity index (χ4n) is 3.93. The number of anilines is 2. The number of hydrogen-bond donors (Lipinski definition) is 2. The number of amides is 1. The van der Waals surface area contributed by atoms with Gasteiger partial charge >= 0.3 is 0 Å². The minimum absolute atomic E-state index is 0.100. The molecule has 8 nitrogen and oxygen atoms in total. The van der Waals surface area contributed by atoms with Gasteiger partial charge in [-0.25, -0.2) is 4.98 Å². The number of methoxy groups -OCH3 is 1. The third-order valence-electron chi connectivity index (χ3n) is 5.72. The average molecular weight is 444 g/mol. The van der Waals surface area contributed by atoms with Gasteiger partial charge in [0.25, 0.3) is 5.91 Å². The highest BCUT2D eigenvalue weighted by molar-refractivity contribution is 5.94. The zero-order valence-corrected chi connectivity index (χ0v) is 18.3. The molecule has 1 atom stereocenters. The topological polar surface area (TPSA) is 89.8 Å². The number of carbonyl (C=O) groups is 1. The number of nitrogens with zero attached hydrogens (tertiary/aromatic N) is 3. The second kappa shape index (κ2) is 9.30. The molecule has 0 bridgehead atoms. The second-order valence-electron chi connectivity index (χ2n) is 7.89. The molecule has 0 aliphatic carbocycles. The van der Waals surface area contributed by atoms with E-state index >= 15 is 0 Å². The summed E-state index contributed by atoms with van der Waals surface area (Å²) in [5.74, 6) is 1.50. The molecule has 8 heteroatoms. The van der Waals surface area contributed by atoms with Gasteiger partial charge in [-0.3, -0.25) is 14.2 Å². The first-order valence-electron chi connectivity index (χ1n) is 10.9. The van der Waals surface area contributed by atoms with Crippen molar-refractivity contribution in [2.24, 2.45) is 0 Å². The number of carbonyl (C=O) groups excluding carboxylic acids is 1. The van der Waals surface area contributed by atoms with Crippen molar-refractivity contribution in [3.8, 4) is 17.0 Å². The Morgan fingerprint density at radius 3 is 2.73 bits per heavy atom. The molecule has 2 aromatic carbocycles. The first-order valence-corrected chi connectivity index (χ1v) is 10.9. The van der Waals surface area contributed by atoms with Crippen LogP contribution in [0.4, 0.5) is 11.5 Å². The maximum atomic E-state index is 12.5. The maximum absolute atomic E-state index is 12.5. The molecule has 4 aromatic rings. The molecule has 2 N–H and O–H groups in total. The molecular formula is C25H25N5O3. The van der Waals surface area contributed by atoms with Crippen molar-refractivity contribution in [3.05, 3.63) is 72.7 Å². The Bertz CT molecular complexity index is 1250. The van der Waals surface area contributed by atoms with Crippen molar-refractivity contribution < 1.29 is 14.3 Å². The summed E-state index contributed by atoms with van der Waals surface area (Å²) in [6.45, 7) is 1.32. The number of nitrogens with one attached hydrogen (secondary N) is 2. The van der Waals surface area contributed by atoms with Crippen LogP contribution in [0.2, 0.25) is 0 Å². The quantitative estimate of drug-likeness (QED) is 0.448. The van der Waals surface area contributed by atoms with Crippen molar-refractivity contribution in [1.82, 2.24) is 19.7 Å². The van der Waals surface area contributed by atoms with Crippen LogP contribution in [0.5, 0.6) is 5.75 Å². The van der Waals surface area contributed by atoms with Gasteiger partial charge in [0, 0.05) is 42.4 Å². The molecule has 1 fully saturated rings. The van der Waals surface area contributed by atoms with Gasteiger partial charge in [-0.1, -0.05) is 0 Å². The van der Waals surface area contributed by atoms with E-state index in [9.17, 15) is 4.79 Å². The fourth-order valence-corrected chi connectivity index (χ4v) is 3.93. The molecule has 2 aromatic heterocycles. The summed E-state index contributed by atoms with van der Waals surface area (Å²) < 4.78 is 12.8. The second-order valence-corrected chi connectivity index (χ2v) is 7.89. The van der Waals surface area contributed by atoms with E-state index in [4.69, 9.17) is 14.5 Å². The zero-order valence-electron chi connectivity index (χ0n) is 18.3.